The summed E-state index contributed by atoms with van der Waals surface area (Å²) in [4.78, 5) is 20.1. The van der Waals surface area contributed by atoms with Crippen molar-refractivity contribution in [1.29, 1.82) is 0 Å². The fourth-order valence-corrected chi connectivity index (χ4v) is 3.56. The summed E-state index contributed by atoms with van der Waals surface area (Å²) < 4.78 is 0. The molecule has 1 unspecified atom stereocenters. The molecule has 1 heterocycles. The molecule has 0 fully saturated rings. The zero-order chi connectivity index (χ0) is 17.0. The predicted molar refractivity (Wildman–Crippen MR) is 96.7 cm³/mol. The summed E-state index contributed by atoms with van der Waals surface area (Å²) in [5.41, 5.74) is 7.44. The Hall–Kier alpha value is -1.72. The fraction of sp³-hybridized carbons (Fsp3) is 0.444. The van der Waals surface area contributed by atoms with Crippen molar-refractivity contribution in [2.75, 3.05) is 13.6 Å². The van der Waals surface area contributed by atoms with Crippen LogP contribution in [0.4, 0.5) is 0 Å². The van der Waals surface area contributed by atoms with Crippen LogP contribution in [0.1, 0.15) is 35.8 Å². The van der Waals surface area contributed by atoms with Gasteiger partial charge in [-0.1, -0.05) is 44.2 Å². The van der Waals surface area contributed by atoms with Gasteiger partial charge < -0.3 is 10.6 Å². The molecule has 1 amide bonds. The molecule has 1 aromatic carbocycles. The number of aromatic nitrogens is 1. The van der Waals surface area contributed by atoms with Gasteiger partial charge in [0.2, 0.25) is 0 Å². The molecule has 1 atom stereocenters. The third kappa shape index (κ3) is 4.18. The van der Waals surface area contributed by atoms with E-state index in [-0.39, 0.29) is 11.9 Å². The molecule has 23 heavy (non-hydrogen) atoms. The summed E-state index contributed by atoms with van der Waals surface area (Å²) in [5.74, 6) is 0.439. The smallest absolute Gasteiger partial charge is 0.274 e. The molecular weight excluding hydrogens is 306 g/mol. The third-order valence-corrected chi connectivity index (χ3v) is 4.88. The molecule has 0 bridgehead atoms. The SMILES string of the molecule is Cc1nc(C(=O)N(C)C(CN)CC(C)C)c(-c2ccccc2)s1. The molecule has 1 aromatic heterocycles. The van der Waals surface area contributed by atoms with E-state index in [9.17, 15) is 4.79 Å². The molecule has 0 saturated carbocycles. The van der Waals surface area contributed by atoms with Crippen molar-refractivity contribution in [3.05, 3.63) is 41.0 Å². The molecule has 5 heteroatoms. The van der Waals surface area contributed by atoms with Gasteiger partial charge in [0.25, 0.3) is 5.91 Å². The quantitative estimate of drug-likeness (QED) is 0.880. The van der Waals surface area contributed by atoms with Crippen molar-refractivity contribution in [2.45, 2.75) is 33.2 Å². The van der Waals surface area contributed by atoms with E-state index in [1.807, 2.05) is 44.3 Å². The summed E-state index contributed by atoms with van der Waals surface area (Å²) in [6.07, 6.45) is 0.891. The number of aryl methyl sites for hydroxylation is 1. The molecular formula is C18H25N3OS. The average molecular weight is 331 g/mol. The van der Waals surface area contributed by atoms with E-state index in [4.69, 9.17) is 5.73 Å². The van der Waals surface area contributed by atoms with E-state index in [1.165, 1.54) is 0 Å². The van der Waals surface area contributed by atoms with Crippen LogP contribution in [0.25, 0.3) is 10.4 Å². The number of carbonyl (C=O) groups excluding carboxylic acids is 1. The van der Waals surface area contributed by atoms with Gasteiger partial charge in [0.15, 0.2) is 0 Å². The number of nitrogens with zero attached hydrogens (tertiary/aromatic N) is 2. The van der Waals surface area contributed by atoms with Crippen LogP contribution in [0.5, 0.6) is 0 Å². The second-order valence-corrected chi connectivity index (χ2v) is 7.41. The van der Waals surface area contributed by atoms with Crippen molar-refractivity contribution in [3.8, 4) is 10.4 Å². The minimum atomic E-state index is -0.0516. The Morgan fingerprint density at radius 1 is 1.30 bits per heavy atom. The summed E-state index contributed by atoms with van der Waals surface area (Å²) in [6.45, 7) is 6.68. The van der Waals surface area contributed by atoms with E-state index in [0.717, 1.165) is 21.9 Å². The maximum Gasteiger partial charge on any atom is 0.274 e. The number of thiazole rings is 1. The van der Waals surface area contributed by atoms with Crippen molar-refractivity contribution in [2.24, 2.45) is 11.7 Å². The molecule has 4 nitrogen and oxygen atoms in total. The fourth-order valence-electron chi connectivity index (χ4n) is 2.65. The minimum absolute atomic E-state index is 0.0353. The Morgan fingerprint density at radius 2 is 1.96 bits per heavy atom. The van der Waals surface area contributed by atoms with E-state index in [2.05, 4.69) is 18.8 Å². The molecule has 2 rings (SSSR count). The lowest BCUT2D eigenvalue weighted by Gasteiger charge is -2.28. The van der Waals surface area contributed by atoms with Crippen LogP contribution in [0.2, 0.25) is 0 Å². The molecule has 0 aliphatic carbocycles. The van der Waals surface area contributed by atoms with Crippen LogP contribution in [0, 0.1) is 12.8 Å². The topological polar surface area (TPSA) is 59.2 Å². The number of nitrogens with two attached hydrogens (primary N) is 1. The Bertz CT molecular complexity index is 652. The van der Waals surface area contributed by atoms with Gasteiger partial charge in [-0.05, 0) is 24.8 Å². The lowest BCUT2D eigenvalue weighted by molar-refractivity contribution is 0.0715. The standard InChI is InChI=1S/C18H25N3OS/c1-12(2)10-15(11-19)21(4)18(22)16-17(23-13(3)20-16)14-8-6-5-7-9-14/h5-9,12,15H,10-11,19H2,1-4H3. The number of amides is 1. The number of likely N-dealkylation sites (N-methyl/N-ethyl adjacent to an activating group) is 1. The Balaban J connectivity index is 2.32. The minimum Gasteiger partial charge on any atom is -0.336 e. The maximum atomic E-state index is 12.9. The normalized spacial score (nSPS) is 12.4. The number of rotatable bonds is 6. The number of benzene rings is 1. The molecule has 0 spiro atoms. The summed E-state index contributed by atoms with van der Waals surface area (Å²) in [5, 5.41) is 0.897. The summed E-state index contributed by atoms with van der Waals surface area (Å²) >= 11 is 1.56. The van der Waals surface area contributed by atoms with E-state index < -0.39 is 0 Å². The summed E-state index contributed by atoms with van der Waals surface area (Å²) in [7, 11) is 1.83. The highest BCUT2D eigenvalue weighted by Crippen LogP contribution is 2.31. The lowest BCUT2D eigenvalue weighted by Crippen LogP contribution is -2.42. The first-order valence-electron chi connectivity index (χ1n) is 7.94. The van der Waals surface area contributed by atoms with E-state index >= 15 is 0 Å². The van der Waals surface area contributed by atoms with Crippen molar-refractivity contribution >= 4 is 17.2 Å². The predicted octanol–water partition coefficient (Wildman–Crippen LogP) is 3.56. The van der Waals surface area contributed by atoms with Gasteiger partial charge in [0.05, 0.1) is 9.88 Å². The van der Waals surface area contributed by atoms with Crippen LogP contribution >= 0.6 is 11.3 Å². The van der Waals surface area contributed by atoms with Gasteiger partial charge in [-0.2, -0.15) is 0 Å². The van der Waals surface area contributed by atoms with Crippen molar-refractivity contribution in [1.82, 2.24) is 9.88 Å². The first-order valence-corrected chi connectivity index (χ1v) is 8.75. The highest BCUT2D eigenvalue weighted by atomic mass is 32.1. The number of hydrogen-bond donors (Lipinski definition) is 1. The van der Waals surface area contributed by atoms with Crippen LogP contribution < -0.4 is 5.73 Å². The molecule has 0 aliphatic rings. The molecule has 2 aromatic rings. The van der Waals surface area contributed by atoms with Crippen LogP contribution in [0.15, 0.2) is 30.3 Å². The number of carbonyl (C=O) groups is 1. The zero-order valence-corrected chi connectivity index (χ0v) is 15.1. The molecule has 0 radical (unpaired) electrons. The molecule has 0 aliphatic heterocycles. The van der Waals surface area contributed by atoms with E-state index in [1.54, 1.807) is 16.2 Å². The Morgan fingerprint density at radius 3 is 2.52 bits per heavy atom. The van der Waals surface area contributed by atoms with Crippen LogP contribution in [-0.2, 0) is 0 Å². The largest absolute Gasteiger partial charge is 0.336 e. The van der Waals surface area contributed by atoms with Gasteiger partial charge in [-0.15, -0.1) is 11.3 Å². The first kappa shape index (κ1) is 17.6. The van der Waals surface area contributed by atoms with Crippen LogP contribution in [0.3, 0.4) is 0 Å². The highest BCUT2D eigenvalue weighted by Gasteiger charge is 2.26. The van der Waals surface area contributed by atoms with Gasteiger partial charge in [0, 0.05) is 19.6 Å². The van der Waals surface area contributed by atoms with Gasteiger partial charge >= 0.3 is 0 Å². The van der Waals surface area contributed by atoms with Crippen molar-refractivity contribution in [3.63, 3.8) is 0 Å². The maximum absolute atomic E-state index is 12.9. The van der Waals surface area contributed by atoms with Gasteiger partial charge in [-0.25, -0.2) is 4.98 Å². The number of hydrogen-bond acceptors (Lipinski definition) is 4. The lowest BCUT2D eigenvalue weighted by atomic mass is 10.0. The molecule has 124 valence electrons. The average Bonchev–Trinajstić information content (AvgIpc) is 2.93. The third-order valence-electron chi connectivity index (χ3n) is 3.86. The molecule has 2 N–H and O–H groups in total. The van der Waals surface area contributed by atoms with E-state index in [0.29, 0.717) is 18.2 Å². The zero-order valence-electron chi connectivity index (χ0n) is 14.2. The molecule has 0 saturated heterocycles. The Kier molecular flexibility index (Phi) is 5.91. The summed E-state index contributed by atoms with van der Waals surface area (Å²) in [6, 6.07) is 9.98. The van der Waals surface area contributed by atoms with Gasteiger partial charge in [0.1, 0.15) is 5.69 Å². The second-order valence-electron chi connectivity index (χ2n) is 6.21. The van der Waals surface area contributed by atoms with Crippen LogP contribution in [-0.4, -0.2) is 35.4 Å². The Labute approximate surface area is 142 Å². The highest BCUT2D eigenvalue weighted by molar-refractivity contribution is 7.15. The monoisotopic (exact) mass is 331 g/mol. The van der Waals surface area contributed by atoms with Crippen molar-refractivity contribution < 1.29 is 4.79 Å². The first-order chi connectivity index (χ1) is 10.9. The second kappa shape index (κ2) is 7.70. The van der Waals surface area contributed by atoms with Gasteiger partial charge in [-0.3, -0.25) is 4.79 Å².